The van der Waals surface area contributed by atoms with E-state index < -0.39 is 62.4 Å². The maximum atomic E-state index is 12.3. The van der Waals surface area contributed by atoms with E-state index in [1.807, 2.05) is 70.2 Å². The van der Waals surface area contributed by atoms with Crippen molar-refractivity contribution >= 4 is 63.8 Å². The first-order valence-electron chi connectivity index (χ1n) is 22.5. The number of ether oxygens (including phenoxy) is 1. The van der Waals surface area contributed by atoms with Gasteiger partial charge in [0.2, 0.25) is 0 Å². The SMILES string of the molecule is CC(C)C(=O)CCCCCN1C(=CC=C2CCCC(C=CC3=[N+](CCCCS(=O)(=O)[O-])c4cc[c-]cc4C3(C)C)=C2Oc2ccc(S(=O)(=O)[O-])cc2)C(C)(C)c2cc(S(=O)(=O)[O-])ccc21.O=S(=O)=O.[Na+].[Na+].[Na+]. The molecule has 0 atom stereocenters. The summed E-state index contributed by atoms with van der Waals surface area (Å²) in [6.07, 6.45) is 13.5. The Bertz CT molecular complexity index is 3070. The largest absolute Gasteiger partial charge is 1.00 e. The summed E-state index contributed by atoms with van der Waals surface area (Å²) in [5.41, 5.74) is 5.75. The van der Waals surface area contributed by atoms with Gasteiger partial charge in [0, 0.05) is 59.3 Å². The van der Waals surface area contributed by atoms with Crippen LogP contribution in [-0.4, -0.2) is 86.5 Å². The fourth-order valence-electron chi connectivity index (χ4n) is 8.94. The second-order valence-electron chi connectivity index (χ2n) is 18.4. The Kier molecular flexibility index (Phi) is 25.5. The van der Waals surface area contributed by atoms with Crippen molar-refractivity contribution in [3.63, 3.8) is 0 Å². The van der Waals surface area contributed by atoms with Gasteiger partial charge in [0.1, 0.15) is 49.8 Å². The molecule has 0 saturated carbocycles. The molecule has 0 aromatic heterocycles. The molecule has 3 aromatic carbocycles. The molecule has 0 bridgehead atoms. The number of ketones is 1. The zero-order valence-electron chi connectivity index (χ0n) is 42.4. The molecule has 3 aromatic rings. The van der Waals surface area contributed by atoms with Crippen molar-refractivity contribution in [1.82, 2.24) is 0 Å². The van der Waals surface area contributed by atoms with E-state index in [-0.39, 0.29) is 112 Å². The molecule has 0 fully saturated rings. The van der Waals surface area contributed by atoms with Crippen LogP contribution in [0.5, 0.6) is 5.75 Å². The number of nitrogens with zero attached hydrogens (tertiary/aromatic N) is 2. The van der Waals surface area contributed by atoms with Gasteiger partial charge in [-0.3, -0.25) is 4.79 Å². The fourth-order valence-corrected chi connectivity index (χ4v) is 10.5. The average molecular weight is 1100 g/mol. The van der Waals surface area contributed by atoms with Crippen LogP contribution in [0.25, 0.3) is 0 Å². The van der Waals surface area contributed by atoms with Gasteiger partial charge in [-0.2, -0.15) is 18.2 Å². The second kappa shape index (κ2) is 27.8. The van der Waals surface area contributed by atoms with E-state index in [4.69, 9.17) is 17.4 Å². The molecule has 2 aliphatic heterocycles. The van der Waals surface area contributed by atoms with E-state index >= 15 is 0 Å². The predicted octanol–water partition coefficient (Wildman–Crippen LogP) is -1.53. The molecule has 0 radical (unpaired) electrons. The number of Topliss-reactive ketones (excluding diaryl/α,β-unsaturated/α-hetero) is 1. The van der Waals surface area contributed by atoms with Crippen LogP contribution in [0.2, 0.25) is 0 Å². The Balaban J connectivity index is 0.00000244. The molecule has 3 aliphatic rings. The predicted molar refractivity (Wildman–Crippen MR) is 256 cm³/mol. The molecular formula is C49H57N2Na3O14S4. The van der Waals surface area contributed by atoms with Crippen molar-refractivity contribution < 1.29 is 154 Å². The molecular weight excluding hydrogens is 1040 g/mol. The van der Waals surface area contributed by atoms with Crippen molar-refractivity contribution in [3.05, 3.63) is 125 Å². The van der Waals surface area contributed by atoms with Crippen LogP contribution in [0, 0.1) is 12.0 Å². The zero-order valence-corrected chi connectivity index (χ0v) is 51.7. The van der Waals surface area contributed by atoms with Crippen molar-refractivity contribution in [2.75, 3.05) is 23.7 Å². The van der Waals surface area contributed by atoms with Crippen molar-refractivity contribution in [1.29, 1.82) is 0 Å². The summed E-state index contributed by atoms with van der Waals surface area (Å²) in [6, 6.07) is 18.7. The van der Waals surface area contributed by atoms with Gasteiger partial charge in [0.25, 0.3) is 0 Å². The molecule has 23 heteroatoms. The summed E-state index contributed by atoms with van der Waals surface area (Å²) >= 11 is 0. The Labute approximate surface area is 492 Å². The van der Waals surface area contributed by atoms with Gasteiger partial charge >= 0.3 is 99.3 Å². The van der Waals surface area contributed by atoms with E-state index in [2.05, 4.69) is 29.4 Å². The van der Waals surface area contributed by atoms with Crippen LogP contribution in [0.15, 0.2) is 117 Å². The third-order valence-electron chi connectivity index (χ3n) is 12.6. The van der Waals surface area contributed by atoms with Crippen molar-refractivity contribution in [3.8, 4) is 5.75 Å². The molecule has 0 saturated heterocycles. The quantitative estimate of drug-likeness (QED) is 0.0434. The van der Waals surface area contributed by atoms with Crippen LogP contribution >= 0.6 is 0 Å². The Morgan fingerprint density at radius 3 is 2.01 bits per heavy atom. The molecule has 2 heterocycles. The van der Waals surface area contributed by atoms with E-state index in [1.165, 1.54) is 36.4 Å². The third-order valence-corrected chi connectivity index (χ3v) is 15.0. The van der Waals surface area contributed by atoms with Crippen LogP contribution in [0.4, 0.5) is 11.4 Å². The van der Waals surface area contributed by atoms with E-state index in [0.29, 0.717) is 55.8 Å². The summed E-state index contributed by atoms with van der Waals surface area (Å²) in [6.45, 7) is 13.0. The number of hydrogen-bond acceptors (Lipinski definition) is 15. The number of carbonyl (C=O) groups excluding carboxylic acids is 1. The summed E-state index contributed by atoms with van der Waals surface area (Å²) < 4.78 is 140. The molecule has 0 spiro atoms. The van der Waals surface area contributed by atoms with Crippen LogP contribution in [0.3, 0.4) is 0 Å². The molecule has 6 rings (SSSR count). The fraction of sp³-hybridized carbons (Fsp3) is 0.429. The zero-order chi connectivity index (χ0) is 51.1. The minimum Gasteiger partial charge on any atom is -0.748 e. The van der Waals surface area contributed by atoms with Gasteiger partial charge in [-0.1, -0.05) is 59.6 Å². The van der Waals surface area contributed by atoms with Gasteiger partial charge < -0.3 is 23.3 Å². The molecule has 374 valence electrons. The first-order valence-corrected chi connectivity index (χ1v) is 27.9. The molecule has 0 N–H and O–H groups in total. The average Bonchev–Trinajstić information content (AvgIpc) is 3.60. The number of rotatable bonds is 19. The van der Waals surface area contributed by atoms with Gasteiger partial charge in [-0.15, -0.1) is 18.7 Å². The van der Waals surface area contributed by atoms with Crippen LogP contribution < -0.4 is 98.3 Å². The number of benzene rings is 3. The van der Waals surface area contributed by atoms with Gasteiger partial charge in [0.05, 0.1) is 19.9 Å². The normalized spacial score (nSPS) is 17.2. The minimum atomic E-state index is -4.73. The summed E-state index contributed by atoms with van der Waals surface area (Å²) in [4.78, 5) is 13.8. The Hall–Kier alpha value is -2.09. The second-order valence-corrected chi connectivity index (χ2v) is 23.1. The molecule has 1 aliphatic carbocycles. The third kappa shape index (κ3) is 17.5. The van der Waals surface area contributed by atoms with Gasteiger partial charge in [-0.05, 0) is 110 Å². The van der Waals surface area contributed by atoms with Crippen LogP contribution in [-0.2, 0) is 56.6 Å². The van der Waals surface area contributed by atoms with E-state index in [1.54, 1.807) is 6.07 Å². The monoisotopic (exact) mass is 1090 g/mol. The number of carbonyl (C=O) groups is 1. The maximum Gasteiger partial charge on any atom is 1.00 e. The Morgan fingerprint density at radius 1 is 0.792 bits per heavy atom. The maximum absolute atomic E-state index is 12.3. The number of fused-ring (bicyclic) bond motifs is 2. The first kappa shape index (κ1) is 66.0. The minimum absolute atomic E-state index is 0. The molecule has 0 unspecified atom stereocenters. The Morgan fingerprint density at radius 2 is 1.42 bits per heavy atom. The number of anilines is 1. The summed E-state index contributed by atoms with van der Waals surface area (Å²) in [5.74, 6) is 0.579. The number of unbranched alkanes of at least 4 members (excludes halogenated alkanes) is 3. The number of hydrogen-bond donors (Lipinski definition) is 0. The molecule has 16 nitrogen and oxygen atoms in total. The first-order chi connectivity index (χ1) is 32.1. The standard InChI is InChI=1S/C49H60N2O11S3.3Na.O3S/c1-34(2)44(52)19-8-7-11-30-51-43-27-26-39(65(59,60)61)33-41(43)49(5,6)46(51)29-21-36-16-14-15-35(47(36)62-37-22-24-38(25-23-37)64(56,57)58)20-28-45-48(3,4)40-17-9-10-18-42(40)50(45)31-12-13-32-63(53,54)55;;;;1-4(2)3/h10,17-18,20-29,33-34H,7-8,11-16,19,30-32H2,1-6H3,(H,53,54,55)(H,56,57,58)(H,59,60,61);;;;/q;3*+1;/p-3. The molecule has 72 heavy (non-hydrogen) atoms. The number of allylic oxidation sites excluding steroid dienone is 7. The van der Waals surface area contributed by atoms with E-state index in [9.17, 15) is 43.7 Å². The van der Waals surface area contributed by atoms with E-state index in [0.717, 1.165) is 65.2 Å². The topological polar surface area (TPSA) is 255 Å². The summed E-state index contributed by atoms with van der Waals surface area (Å²) in [7, 11) is -16.9. The van der Waals surface area contributed by atoms with Gasteiger partial charge in [-0.25, -0.2) is 29.8 Å². The van der Waals surface area contributed by atoms with Gasteiger partial charge in [0.15, 0.2) is 5.71 Å². The summed E-state index contributed by atoms with van der Waals surface area (Å²) in [5, 5.41) is 0. The van der Waals surface area contributed by atoms with Crippen LogP contribution in [0.1, 0.15) is 110 Å². The van der Waals surface area contributed by atoms with Crippen molar-refractivity contribution in [2.45, 2.75) is 120 Å². The smallest absolute Gasteiger partial charge is 0.748 e. The van der Waals surface area contributed by atoms with Crippen molar-refractivity contribution in [2.24, 2.45) is 5.92 Å². The molecule has 0 amide bonds.